The maximum atomic E-state index is 11.5. The van der Waals surface area contributed by atoms with Crippen molar-refractivity contribution < 1.29 is 9.53 Å². The van der Waals surface area contributed by atoms with Crippen molar-refractivity contribution in [3.63, 3.8) is 0 Å². The Hall–Kier alpha value is -1.30. The Morgan fingerprint density at radius 2 is 2.53 bits per heavy atom. The van der Waals surface area contributed by atoms with E-state index in [9.17, 15) is 4.79 Å². The summed E-state index contributed by atoms with van der Waals surface area (Å²) in [7, 11) is 1.60. The van der Waals surface area contributed by atoms with E-state index in [1.165, 1.54) is 0 Å². The lowest BCUT2D eigenvalue weighted by molar-refractivity contribution is -0.122. The Bertz CT molecular complexity index is 242. The molecule has 1 aliphatic heterocycles. The Kier molecular flexibility index (Phi) is 4.89. The second-order valence-corrected chi connectivity index (χ2v) is 3.31. The molecule has 0 fully saturated rings. The lowest BCUT2D eigenvalue weighted by atomic mass is 10.3. The summed E-state index contributed by atoms with van der Waals surface area (Å²) in [5.74, 6) is 0.646. The van der Waals surface area contributed by atoms with Gasteiger partial charge in [-0.25, -0.2) is 0 Å². The van der Waals surface area contributed by atoms with E-state index >= 15 is 0 Å². The van der Waals surface area contributed by atoms with Gasteiger partial charge in [-0.15, -0.1) is 0 Å². The van der Waals surface area contributed by atoms with Gasteiger partial charge in [0.1, 0.15) is 6.04 Å². The van der Waals surface area contributed by atoms with Crippen molar-refractivity contribution in [1.29, 1.82) is 0 Å². The summed E-state index contributed by atoms with van der Waals surface area (Å²) in [6.45, 7) is 4.45. The van der Waals surface area contributed by atoms with Crippen LogP contribution in [0.2, 0.25) is 0 Å². The Morgan fingerprint density at radius 1 is 1.73 bits per heavy atom. The fourth-order valence-electron chi connectivity index (χ4n) is 1.19. The summed E-state index contributed by atoms with van der Waals surface area (Å²) in [5, 5.41) is 8.78. The number of nitrogens with one attached hydrogen (secondary N) is 3. The van der Waals surface area contributed by atoms with Gasteiger partial charge in [0.25, 0.3) is 0 Å². The van der Waals surface area contributed by atoms with Gasteiger partial charge in [0.05, 0.1) is 13.2 Å². The number of rotatable bonds is 5. The molecule has 1 heterocycles. The third-order valence-electron chi connectivity index (χ3n) is 2.03. The number of amides is 1. The second kappa shape index (κ2) is 6.23. The van der Waals surface area contributed by atoms with Gasteiger partial charge in [0, 0.05) is 20.2 Å². The molecule has 0 aromatic rings. The van der Waals surface area contributed by atoms with Crippen molar-refractivity contribution in [2.24, 2.45) is 4.99 Å². The van der Waals surface area contributed by atoms with Crippen LogP contribution in [0.15, 0.2) is 4.99 Å². The number of methoxy groups -OCH3 is 1. The molecule has 0 aromatic heterocycles. The van der Waals surface area contributed by atoms with Gasteiger partial charge in [-0.2, -0.15) is 0 Å². The minimum Gasteiger partial charge on any atom is -0.383 e. The summed E-state index contributed by atoms with van der Waals surface area (Å²) in [5.41, 5.74) is 0. The lowest BCUT2D eigenvalue weighted by Gasteiger charge is -2.14. The number of nitrogens with zero attached hydrogens (tertiary/aromatic N) is 1. The Balaban J connectivity index is 2.20. The van der Waals surface area contributed by atoms with Gasteiger partial charge in [-0.3, -0.25) is 9.79 Å². The van der Waals surface area contributed by atoms with Crippen LogP contribution in [0.5, 0.6) is 0 Å². The average Bonchev–Trinajstić information content (AvgIpc) is 2.70. The fraction of sp³-hybridized carbons (Fsp3) is 0.778. The van der Waals surface area contributed by atoms with Crippen LogP contribution in [-0.2, 0) is 9.53 Å². The van der Waals surface area contributed by atoms with E-state index in [2.05, 4.69) is 20.9 Å². The molecule has 1 rings (SSSR count). The predicted molar refractivity (Wildman–Crippen MR) is 57.8 cm³/mol. The maximum Gasteiger partial charge on any atom is 0.242 e. The first-order chi connectivity index (χ1) is 7.24. The molecule has 0 bridgehead atoms. The number of carbonyl (C=O) groups excluding carboxylic acids is 1. The zero-order chi connectivity index (χ0) is 11.1. The van der Waals surface area contributed by atoms with Crippen molar-refractivity contribution >= 4 is 11.9 Å². The molecule has 0 aromatic carbocycles. The molecule has 1 amide bonds. The molecule has 1 atom stereocenters. The fourth-order valence-corrected chi connectivity index (χ4v) is 1.19. The average molecular weight is 214 g/mol. The normalized spacial score (nSPS) is 16.5. The molecular formula is C9H18N4O2. The van der Waals surface area contributed by atoms with Crippen molar-refractivity contribution in [3.05, 3.63) is 0 Å². The molecule has 15 heavy (non-hydrogen) atoms. The first-order valence-corrected chi connectivity index (χ1v) is 5.05. The largest absolute Gasteiger partial charge is 0.383 e. The van der Waals surface area contributed by atoms with Gasteiger partial charge >= 0.3 is 0 Å². The summed E-state index contributed by atoms with van der Waals surface area (Å²) in [4.78, 5) is 15.6. The molecule has 1 unspecified atom stereocenters. The molecule has 0 saturated carbocycles. The topological polar surface area (TPSA) is 74.8 Å². The molecule has 3 N–H and O–H groups in total. The Labute approximate surface area is 89.5 Å². The highest BCUT2D eigenvalue weighted by Gasteiger charge is 2.14. The summed E-state index contributed by atoms with van der Waals surface area (Å²) >= 11 is 0. The summed E-state index contributed by atoms with van der Waals surface area (Å²) in [6, 6.07) is -0.286. The first-order valence-electron chi connectivity index (χ1n) is 5.05. The van der Waals surface area contributed by atoms with Crippen molar-refractivity contribution in [3.8, 4) is 0 Å². The molecule has 0 spiro atoms. The minimum absolute atomic E-state index is 0.0524. The third-order valence-corrected chi connectivity index (χ3v) is 2.03. The van der Waals surface area contributed by atoms with E-state index in [0.717, 1.165) is 13.1 Å². The predicted octanol–water partition coefficient (Wildman–Crippen LogP) is -1.31. The van der Waals surface area contributed by atoms with Crippen LogP contribution in [0.1, 0.15) is 6.92 Å². The molecule has 0 radical (unpaired) electrons. The zero-order valence-electron chi connectivity index (χ0n) is 9.17. The van der Waals surface area contributed by atoms with Crippen molar-refractivity contribution in [2.75, 3.05) is 33.4 Å². The highest BCUT2D eigenvalue weighted by atomic mass is 16.5. The molecule has 86 valence electrons. The van der Waals surface area contributed by atoms with E-state index in [1.807, 2.05) is 0 Å². The van der Waals surface area contributed by atoms with Gasteiger partial charge in [0.15, 0.2) is 5.96 Å². The number of guanidine groups is 1. The Morgan fingerprint density at radius 3 is 3.13 bits per heavy atom. The van der Waals surface area contributed by atoms with E-state index in [4.69, 9.17) is 4.74 Å². The van der Waals surface area contributed by atoms with Crippen LogP contribution in [0, 0.1) is 0 Å². The summed E-state index contributed by atoms with van der Waals surface area (Å²) in [6.07, 6.45) is 0. The van der Waals surface area contributed by atoms with Crippen LogP contribution < -0.4 is 16.0 Å². The first kappa shape index (κ1) is 11.8. The van der Waals surface area contributed by atoms with Gasteiger partial charge in [-0.05, 0) is 6.92 Å². The quantitative estimate of drug-likeness (QED) is 0.497. The van der Waals surface area contributed by atoms with E-state index in [0.29, 0.717) is 19.1 Å². The molecular weight excluding hydrogens is 196 g/mol. The molecule has 0 saturated heterocycles. The van der Waals surface area contributed by atoms with Crippen molar-refractivity contribution in [1.82, 2.24) is 16.0 Å². The zero-order valence-corrected chi connectivity index (χ0v) is 9.17. The number of carbonyl (C=O) groups is 1. The van der Waals surface area contributed by atoms with E-state index < -0.39 is 0 Å². The molecule has 1 aliphatic rings. The van der Waals surface area contributed by atoms with Crippen LogP contribution >= 0.6 is 0 Å². The smallest absolute Gasteiger partial charge is 0.242 e. The van der Waals surface area contributed by atoms with Gasteiger partial charge in [0.2, 0.25) is 5.91 Å². The van der Waals surface area contributed by atoms with Crippen molar-refractivity contribution in [2.45, 2.75) is 13.0 Å². The van der Waals surface area contributed by atoms with Gasteiger partial charge < -0.3 is 20.7 Å². The van der Waals surface area contributed by atoms with Crippen LogP contribution in [0.4, 0.5) is 0 Å². The number of hydrogen-bond acceptors (Lipinski definition) is 5. The van der Waals surface area contributed by atoms with E-state index in [1.54, 1.807) is 14.0 Å². The van der Waals surface area contributed by atoms with Crippen LogP contribution in [0.3, 0.4) is 0 Å². The highest BCUT2D eigenvalue weighted by molar-refractivity contribution is 5.89. The second-order valence-electron chi connectivity index (χ2n) is 3.31. The number of aliphatic imine (C=N–C) groups is 1. The van der Waals surface area contributed by atoms with Crippen LogP contribution in [-0.4, -0.2) is 51.3 Å². The monoisotopic (exact) mass is 214 g/mol. The SMILES string of the molecule is COCCNC(=O)C(C)NC1=NCCN1. The lowest BCUT2D eigenvalue weighted by Crippen LogP contribution is -2.48. The molecule has 6 nitrogen and oxygen atoms in total. The van der Waals surface area contributed by atoms with Gasteiger partial charge in [-0.1, -0.05) is 0 Å². The maximum absolute atomic E-state index is 11.5. The standard InChI is InChI=1S/C9H18N4O2/c1-7(8(14)10-5-6-15-2)13-9-11-3-4-12-9/h7H,3-6H2,1-2H3,(H,10,14)(H2,11,12,13). The molecule has 6 heteroatoms. The highest BCUT2D eigenvalue weighted by Crippen LogP contribution is 1.86. The summed E-state index contributed by atoms with van der Waals surface area (Å²) < 4.78 is 4.83. The number of hydrogen-bond donors (Lipinski definition) is 3. The van der Waals surface area contributed by atoms with E-state index in [-0.39, 0.29) is 11.9 Å². The third kappa shape index (κ3) is 4.16. The van der Waals surface area contributed by atoms with Crippen LogP contribution in [0.25, 0.3) is 0 Å². The minimum atomic E-state index is -0.286. The molecule has 0 aliphatic carbocycles. The number of ether oxygens (including phenoxy) is 1.